The van der Waals surface area contributed by atoms with E-state index < -0.39 is 59.6 Å². The summed E-state index contributed by atoms with van der Waals surface area (Å²) in [4.78, 5) is 24.4. The fraction of sp³-hybridized carbons (Fsp3) is 0.286. The Morgan fingerprint density at radius 3 is 2.58 bits per heavy atom. The largest absolute Gasteiger partial charge is 0.481 e. The summed E-state index contributed by atoms with van der Waals surface area (Å²) >= 11 is 5.79. The van der Waals surface area contributed by atoms with Crippen molar-refractivity contribution >= 4 is 11.6 Å². The van der Waals surface area contributed by atoms with Gasteiger partial charge < -0.3 is 14.6 Å². The third-order valence-electron chi connectivity index (χ3n) is 4.81. The van der Waals surface area contributed by atoms with E-state index in [4.69, 9.17) is 26.3 Å². The Morgan fingerprint density at radius 2 is 2.00 bits per heavy atom. The molecule has 0 saturated heterocycles. The highest BCUT2D eigenvalue weighted by molar-refractivity contribution is 6.30. The number of nitrogens with zero attached hydrogens (tertiary/aromatic N) is 5. The summed E-state index contributed by atoms with van der Waals surface area (Å²) in [6.07, 6.45) is -3.72. The number of hydrogen-bond donors (Lipinski definition) is 1. The molecule has 1 N–H and O–H groups in total. The summed E-state index contributed by atoms with van der Waals surface area (Å²) in [5.74, 6) is -8.75. The van der Waals surface area contributed by atoms with Crippen LogP contribution in [0.25, 0.3) is 0 Å². The number of halogens is 6. The van der Waals surface area contributed by atoms with Gasteiger partial charge in [0.1, 0.15) is 12.7 Å². The summed E-state index contributed by atoms with van der Waals surface area (Å²) in [6, 6.07) is 3.14. The first-order chi connectivity index (χ1) is 16.9. The van der Waals surface area contributed by atoms with E-state index in [2.05, 4.69) is 15.0 Å². The Morgan fingerprint density at radius 1 is 1.31 bits per heavy atom. The van der Waals surface area contributed by atoms with Gasteiger partial charge in [-0.15, -0.1) is 0 Å². The molecule has 9 nitrogen and oxygen atoms in total. The second-order valence-electron chi connectivity index (χ2n) is 7.13. The van der Waals surface area contributed by atoms with E-state index in [1.807, 2.05) is 0 Å². The molecular weight excluding hydrogens is 517 g/mol. The molecule has 0 aliphatic heterocycles. The molecule has 190 valence electrons. The number of aliphatic hydroxyl groups excluding tert-OH is 1. The smallest absolute Gasteiger partial charge is 0.352 e. The molecule has 0 amide bonds. The highest BCUT2D eigenvalue weighted by Crippen LogP contribution is 2.39. The topological polar surface area (TPSA) is 123 Å². The Hall–Kier alpha value is -3.83. The van der Waals surface area contributed by atoms with Crippen molar-refractivity contribution in [1.29, 1.82) is 5.26 Å². The number of benzene rings is 1. The SMILES string of the molecule is COc1nc(CO)nc(C)c1Cn1cnc(C(F)(F)C(F)F)c(Oc2cc(Cl)cc(C#N)c2F)c1=O. The first kappa shape index (κ1) is 26.8. The maximum atomic E-state index is 14.6. The molecule has 0 radical (unpaired) electrons. The fourth-order valence-corrected chi connectivity index (χ4v) is 3.27. The van der Waals surface area contributed by atoms with Crippen molar-refractivity contribution in [3.05, 3.63) is 68.0 Å². The normalized spacial score (nSPS) is 11.5. The van der Waals surface area contributed by atoms with Crippen molar-refractivity contribution in [3.8, 4) is 23.4 Å². The van der Waals surface area contributed by atoms with Crippen molar-refractivity contribution in [1.82, 2.24) is 19.5 Å². The van der Waals surface area contributed by atoms with Gasteiger partial charge in [0, 0.05) is 16.8 Å². The van der Waals surface area contributed by atoms with E-state index in [1.54, 1.807) is 0 Å². The van der Waals surface area contributed by atoms with E-state index >= 15 is 0 Å². The third kappa shape index (κ3) is 5.07. The third-order valence-corrected chi connectivity index (χ3v) is 5.03. The van der Waals surface area contributed by atoms with Gasteiger partial charge in [-0.2, -0.15) is 19.0 Å². The van der Waals surface area contributed by atoms with Crippen LogP contribution in [0.3, 0.4) is 0 Å². The molecule has 0 fully saturated rings. The number of aromatic nitrogens is 4. The van der Waals surface area contributed by atoms with Gasteiger partial charge >= 0.3 is 12.3 Å². The van der Waals surface area contributed by atoms with Crippen LogP contribution >= 0.6 is 11.6 Å². The van der Waals surface area contributed by atoms with Crippen molar-refractivity contribution in [2.45, 2.75) is 32.4 Å². The van der Waals surface area contributed by atoms with Crippen LogP contribution in [0.1, 0.15) is 28.3 Å². The highest BCUT2D eigenvalue weighted by atomic mass is 35.5. The highest BCUT2D eigenvalue weighted by Gasteiger charge is 2.48. The first-order valence-electron chi connectivity index (χ1n) is 9.78. The van der Waals surface area contributed by atoms with Crippen molar-refractivity contribution in [3.63, 3.8) is 0 Å². The van der Waals surface area contributed by atoms with Crippen molar-refractivity contribution in [2.24, 2.45) is 0 Å². The van der Waals surface area contributed by atoms with Gasteiger partial charge in [-0.05, 0) is 13.0 Å². The minimum atomic E-state index is -4.96. The Labute approximate surface area is 204 Å². The van der Waals surface area contributed by atoms with E-state index in [0.29, 0.717) is 10.9 Å². The predicted molar refractivity (Wildman–Crippen MR) is 113 cm³/mol. The number of alkyl halides is 4. The molecule has 0 saturated carbocycles. The van der Waals surface area contributed by atoms with Gasteiger partial charge in [0.2, 0.25) is 11.6 Å². The lowest BCUT2D eigenvalue weighted by atomic mass is 10.2. The second kappa shape index (κ2) is 10.4. The molecule has 3 rings (SSSR count). The summed E-state index contributed by atoms with van der Waals surface area (Å²) in [7, 11) is 1.24. The van der Waals surface area contributed by atoms with Crippen LogP contribution < -0.4 is 15.0 Å². The lowest BCUT2D eigenvalue weighted by molar-refractivity contribution is -0.139. The minimum Gasteiger partial charge on any atom is -0.481 e. The van der Waals surface area contributed by atoms with Crippen LogP contribution in [0.2, 0.25) is 5.02 Å². The molecule has 3 aromatic rings. The standard InChI is InChI=1S/C21H15ClF5N5O4/c1-9-12(18(35-2)31-14(7-33)30-9)6-32-8-29-17(21(26,27)20(24)25)16(19(32)34)36-13-4-11(22)3-10(5-28)15(13)23/h3-4,8,20,33H,6-7H2,1-2H3. The molecule has 0 atom stereocenters. The van der Waals surface area contributed by atoms with Crippen LogP contribution in [0.15, 0.2) is 23.3 Å². The number of hydrogen-bond acceptors (Lipinski definition) is 8. The summed E-state index contributed by atoms with van der Waals surface area (Å²) in [6.45, 7) is 0.508. The van der Waals surface area contributed by atoms with Crippen LogP contribution in [0.4, 0.5) is 22.0 Å². The second-order valence-corrected chi connectivity index (χ2v) is 7.57. The molecule has 0 aliphatic rings. The molecule has 0 spiro atoms. The zero-order valence-electron chi connectivity index (χ0n) is 18.4. The number of nitriles is 1. The lowest BCUT2D eigenvalue weighted by Gasteiger charge is -2.20. The van der Waals surface area contributed by atoms with E-state index in [1.165, 1.54) is 20.1 Å². The molecule has 1 aromatic carbocycles. The summed E-state index contributed by atoms with van der Waals surface area (Å²) in [5.41, 5.74) is -3.40. The molecule has 2 aromatic heterocycles. The molecule has 15 heteroatoms. The van der Waals surface area contributed by atoms with Gasteiger partial charge in [0.15, 0.2) is 23.1 Å². The average molecular weight is 532 g/mol. The number of ether oxygens (including phenoxy) is 2. The predicted octanol–water partition coefficient (Wildman–Crippen LogP) is 3.70. The molecular formula is C21H15ClF5N5O4. The Bertz CT molecular complexity index is 1410. The number of aryl methyl sites for hydroxylation is 1. The Balaban J connectivity index is 2.22. The number of aliphatic hydroxyl groups is 1. The maximum Gasteiger partial charge on any atom is 0.352 e. The number of methoxy groups -OCH3 is 1. The molecule has 36 heavy (non-hydrogen) atoms. The van der Waals surface area contributed by atoms with Gasteiger partial charge in [-0.1, -0.05) is 11.6 Å². The van der Waals surface area contributed by atoms with Crippen molar-refractivity contribution < 1.29 is 36.5 Å². The lowest BCUT2D eigenvalue weighted by Crippen LogP contribution is -2.32. The van der Waals surface area contributed by atoms with Crippen LogP contribution in [-0.2, 0) is 19.1 Å². The number of rotatable bonds is 8. The first-order valence-corrected chi connectivity index (χ1v) is 10.2. The van der Waals surface area contributed by atoms with Gasteiger partial charge in [-0.3, -0.25) is 9.36 Å². The van der Waals surface area contributed by atoms with E-state index in [0.717, 1.165) is 12.1 Å². The minimum absolute atomic E-state index is 0.000698. The van der Waals surface area contributed by atoms with E-state index in [-0.39, 0.29) is 28.0 Å². The monoisotopic (exact) mass is 531 g/mol. The van der Waals surface area contributed by atoms with Crippen LogP contribution in [-0.4, -0.2) is 38.2 Å². The molecule has 0 bridgehead atoms. The molecule has 0 aliphatic carbocycles. The summed E-state index contributed by atoms with van der Waals surface area (Å²) < 4.78 is 80.3. The zero-order valence-corrected chi connectivity index (χ0v) is 19.2. The van der Waals surface area contributed by atoms with Gasteiger partial charge in [-0.25, -0.2) is 23.1 Å². The summed E-state index contributed by atoms with van der Waals surface area (Å²) in [5, 5.41) is 18.0. The fourth-order valence-electron chi connectivity index (χ4n) is 3.06. The maximum absolute atomic E-state index is 14.6. The van der Waals surface area contributed by atoms with Crippen LogP contribution in [0, 0.1) is 24.1 Å². The van der Waals surface area contributed by atoms with Gasteiger partial charge in [0.05, 0.1) is 31.1 Å². The van der Waals surface area contributed by atoms with E-state index in [9.17, 15) is 31.9 Å². The molecule has 2 heterocycles. The zero-order chi connectivity index (χ0) is 26.8. The van der Waals surface area contributed by atoms with Crippen LogP contribution in [0.5, 0.6) is 17.4 Å². The Kier molecular flexibility index (Phi) is 7.75. The average Bonchev–Trinajstić information content (AvgIpc) is 2.83. The molecule has 0 unspecified atom stereocenters. The van der Waals surface area contributed by atoms with Gasteiger partial charge in [0.25, 0.3) is 5.56 Å². The van der Waals surface area contributed by atoms with Crippen molar-refractivity contribution in [2.75, 3.05) is 7.11 Å². The quantitative estimate of drug-likeness (QED) is 0.436.